The van der Waals surface area contributed by atoms with Crippen molar-refractivity contribution in [2.75, 3.05) is 17.7 Å². The normalized spacial score (nSPS) is 10.4. The Kier molecular flexibility index (Phi) is 5.14. The van der Waals surface area contributed by atoms with E-state index in [2.05, 4.69) is 39.7 Å². The largest absolute Gasteiger partial charge is 0.497 e. The van der Waals surface area contributed by atoms with Gasteiger partial charge in [-0.25, -0.2) is 4.98 Å². The van der Waals surface area contributed by atoms with Crippen molar-refractivity contribution >= 4 is 17.5 Å². The van der Waals surface area contributed by atoms with Gasteiger partial charge in [-0.15, -0.1) is 0 Å². The van der Waals surface area contributed by atoms with Crippen molar-refractivity contribution in [1.29, 1.82) is 0 Å². The van der Waals surface area contributed by atoms with Crippen molar-refractivity contribution in [2.24, 2.45) is 0 Å². The van der Waals surface area contributed by atoms with Gasteiger partial charge in [0, 0.05) is 30.1 Å². The molecule has 0 atom stereocenters. The minimum Gasteiger partial charge on any atom is -0.497 e. The molecule has 0 bridgehead atoms. The number of anilines is 3. The standard InChI is InChI=1S/C20H22N4O/c1-14-7-4-5-8-16(14)13-21-19-11-15(2)22-20(24-19)23-17-9-6-10-18(12-17)25-3/h4-12H,13H2,1-3H3,(H2,21,22,23,24). The van der Waals surface area contributed by atoms with Gasteiger partial charge in [-0.05, 0) is 37.1 Å². The number of hydrogen-bond donors (Lipinski definition) is 2. The van der Waals surface area contributed by atoms with E-state index >= 15 is 0 Å². The number of hydrogen-bond acceptors (Lipinski definition) is 5. The summed E-state index contributed by atoms with van der Waals surface area (Å²) in [6.45, 7) is 4.79. The fourth-order valence-electron chi connectivity index (χ4n) is 2.54. The van der Waals surface area contributed by atoms with Crippen LogP contribution in [0.25, 0.3) is 0 Å². The van der Waals surface area contributed by atoms with Crippen molar-refractivity contribution in [2.45, 2.75) is 20.4 Å². The second kappa shape index (κ2) is 7.66. The summed E-state index contributed by atoms with van der Waals surface area (Å²) in [4.78, 5) is 9.01. The van der Waals surface area contributed by atoms with Gasteiger partial charge in [0.2, 0.25) is 5.95 Å². The van der Waals surface area contributed by atoms with E-state index in [9.17, 15) is 0 Å². The van der Waals surface area contributed by atoms with Crippen LogP contribution in [0.3, 0.4) is 0 Å². The van der Waals surface area contributed by atoms with E-state index in [0.717, 1.165) is 29.5 Å². The number of rotatable bonds is 6. The first-order valence-corrected chi connectivity index (χ1v) is 8.19. The van der Waals surface area contributed by atoms with Crippen molar-refractivity contribution in [3.05, 3.63) is 71.4 Å². The van der Waals surface area contributed by atoms with E-state index in [1.54, 1.807) is 7.11 Å². The van der Waals surface area contributed by atoms with Gasteiger partial charge in [0.15, 0.2) is 0 Å². The van der Waals surface area contributed by atoms with Crippen LogP contribution in [-0.2, 0) is 6.54 Å². The Morgan fingerprint density at radius 2 is 1.80 bits per heavy atom. The summed E-state index contributed by atoms with van der Waals surface area (Å²) in [6, 6.07) is 17.9. The molecule has 0 amide bonds. The zero-order valence-electron chi connectivity index (χ0n) is 14.7. The monoisotopic (exact) mass is 334 g/mol. The Morgan fingerprint density at radius 1 is 0.960 bits per heavy atom. The quantitative estimate of drug-likeness (QED) is 0.697. The summed E-state index contributed by atoms with van der Waals surface area (Å²) in [5.74, 6) is 2.14. The Labute approximate surface area is 148 Å². The van der Waals surface area contributed by atoms with E-state index in [1.165, 1.54) is 11.1 Å². The molecule has 0 saturated heterocycles. The summed E-state index contributed by atoms with van der Waals surface area (Å²) >= 11 is 0. The first-order chi connectivity index (χ1) is 12.1. The molecular weight excluding hydrogens is 312 g/mol. The molecular formula is C20H22N4O. The van der Waals surface area contributed by atoms with E-state index in [1.807, 2.05) is 49.4 Å². The molecule has 2 N–H and O–H groups in total. The molecule has 3 rings (SSSR count). The molecule has 0 unspecified atom stereocenters. The number of nitrogens with one attached hydrogen (secondary N) is 2. The van der Waals surface area contributed by atoms with Crippen LogP contribution in [-0.4, -0.2) is 17.1 Å². The summed E-state index contributed by atoms with van der Waals surface area (Å²) in [5, 5.41) is 6.60. The molecule has 2 aromatic carbocycles. The maximum absolute atomic E-state index is 5.25. The minimum atomic E-state index is 0.556. The minimum absolute atomic E-state index is 0.556. The second-order valence-electron chi connectivity index (χ2n) is 5.86. The summed E-state index contributed by atoms with van der Waals surface area (Å²) in [5.41, 5.74) is 4.29. The van der Waals surface area contributed by atoms with Crippen molar-refractivity contribution in [3.63, 3.8) is 0 Å². The van der Waals surface area contributed by atoms with Crippen molar-refractivity contribution < 1.29 is 4.74 Å². The van der Waals surface area contributed by atoms with Crippen LogP contribution in [0.15, 0.2) is 54.6 Å². The smallest absolute Gasteiger partial charge is 0.229 e. The van der Waals surface area contributed by atoms with E-state index in [-0.39, 0.29) is 0 Å². The van der Waals surface area contributed by atoms with Gasteiger partial charge in [0.05, 0.1) is 7.11 Å². The predicted octanol–water partition coefficient (Wildman–Crippen LogP) is 4.46. The topological polar surface area (TPSA) is 59.1 Å². The summed E-state index contributed by atoms with van der Waals surface area (Å²) < 4.78 is 5.25. The number of aromatic nitrogens is 2. The molecule has 1 heterocycles. The zero-order chi connectivity index (χ0) is 17.6. The average molecular weight is 334 g/mol. The third-order valence-corrected chi connectivity index (χ3v) is 3.90. The van der Waals surface area contributed by atoms with Crippen LogP contribution in [0.5, 0.6) is 5.75 Å². The number of benzene rings is 2. The molecule has 0 fully saturated rings. The maximum Gasteiger partial charge on any atom is 0.229 e. The van der Waals surface area contributed by atoms with Gasteiger partial charge >= 0.3 is 0 Å². The summed E-state index contributed by atoms with van der Waals surface area (Å²) in [6.07, 6.45) is 0. The molecule has 0 aliphatic carbocycles. The molecule has 0 aliphatic heterocycles. The maximum atomic E-state index is 5.25. The highest BCUT2D eigenvalue weighted by molar-refractivity contribution is 5.57. The first kappa shape index (κ1) is 16.8. The lowest BCUT2D eigenvalue weighted by Gasteiger charge is -2.11. The Morgan fingerprint density at radius 3 is 2.60 bits per heavy atom. The highest BCUT2D eigenvalue weighted by atomic mass is 16.5. The van der Waals surface area contributed by atoms with Crippen molar-refractivity contribution in [3.8, 4) is 5.75 Å². The van der Waals surface area contributed by atoms with Crippen LogP contribution in [0.1, 0.15) is 16.8 Å². The molecule has 5 nitrogen and oxygen atoms in total. The lowest BCUT2D eigenvalue weighted by atomic mass is 10.1. The molecule has 1 aromatic heterocycles. The number of methoxy groups -OCH3 is 1. The predicted molar refractivity (Wildman–Crippen MR) is 102 cm³/mol. The Bertz CT molecular complexity index is 864. The molecule has 0 aliphatic rings. The number of aryl methyl sites for hydroxylation is 2. The first-order valence-electron chi connectivity index (χ1n) is 8.19. The average Bonchev–Trinajstić information content (AvgIpc) is 2.61. The lowest BCUT2D eigenvalue weighted by molar-refractivity contribution is 0.415. The molecule has 0 saturated carbocycles. The van der Waals surface area contributed by atoms with Crippen LogP contribution in [0.4, 0.5) is 17.5 Å². The molecule has 25 heavy (non-hydrogen) atoms. The van der Waals surface area contributed by atoms with Crippen LogP contribution in [0, 0.1) is 13.8 Å². The van der Waals surface area contributed by atoms with Gasteiger partial charge in [-0.1, -0.05) is 30.3 Å². The lowest BCUT2D eigenvalue weighted by Crippen LogP contribution is -2.06. The van der Waals surface area contributed by atoms with Gasteiger partial charge in [0.25, 0.3) is 0 Å². The highest BCUT2D eigenvalue weighted by Gasteiger charge is 2.05. The molecule has 0 spiro atoms. The number of ether oxygens (including phenoxy) is 1. The highest BCUT2D eigenvalue weighted by Crippen LogP contribution is 2.21. The zero-order valence-corrected chi connectivity index (χ0v) is 14.7. The van der Waals surface area contributed by atoms with Gasteiger partial charge in [-0.3, -0.25) is 0 Å². The fraction of sp³-hybridized carbons (Fsp3) is 0.200. The molecule has 128 valence electrons. The van der Waals surface area contributed by atoms with Crippen LogP contribution < -0.4 is 15.4 Å². The molecule has 3 aromatic rings. The third kappa shape index (κ3) is 4.47. The fourth-order valence-corrected chi connectivity index (χ4v) is 2.54. The van der Waals surface area contributed by atoms with Gasteiger partial charge in [0.1, 0.15) is 11.6 Å². The second-order valence-corrected chi connectivity index (χ2v) is 5.86. The van der Waals surface area contributed by atoms with Crippen molar-refractivity contribution in [1.82, 2.24) is 9.97 Å². The van der Waals surface area contributed by atoms with Gasteiger partial charge in [-0.2, -0.15) is 4.98 Å². The van der Waals surface area contributed by atoms with Gasteiger partial charge < -0.3 is 15.4 Å². The molecule has 5 heteroatoms. The SMILES string of the molecule is COc1cccc(Nc2nc(C)cc(NCc3ccccc3C)n2)c1. The third-order valence-electron chi connectivity index (χ3n) is 3.90. The van der Waals surface area contributed by atoms with E-state index in [0.29, 0.717) is 5.95 Å². The van der Waals surface area contributed by atoms with E-state index < -0.39 is 0 Å². The van der Waals surface area contributed by atoms with Crippen LogP contribution >= 0.6 is 0 Å². The van der Waals surface area contributed by atoms with E-state index in [4.69, 9.17) is 4.74 Å². The number of nitrogens with zero attached hydrogens (tertiary/aromatic N) is 2. The van der Waals surface area contributed by atoms with Crippen LogP contribution in [0.2, 0.25) is 0 Å². The Hall–Kier alpha value is -3.08. The Balaban J connectivity index is 1.75. The molecule has 0 radical (unpaired) electrons. The summed E-state index contributed by atoms with van der Waals surface area (Å²) in [7, 11) is 1.65.